The predicted octanol–water partition coefficient (Wildman–Crippen LogP) is 5.29. The molecule has 0 aliphatic heterocycles. The third-order valence-electron chi connectivity index (χ3n) is 5.16. The fourth-order valence-corrected chi connectivity index (χ4v) is 4.47. The minimum atomic E-state index is 0.672. The summed E-state index contributed by atoms with van der Waals surface area (Å²) in [7, 11) is 1.73. The SMILES string of the molecule is COCCn1c(SCc2cn(-c3ccccc3)nc2-c2ccccc2)nc(C)c1C. The van der Waals surface area contributed by atoms with E-state index in [0.717, 1.165) is 40.1 Å². The van der Waals surface area contributed by atoms with Crippen LogP contribution in [0.4, 0.5) is 0 Å². The van der Waals surface area contributed by atoms with E-state index in [0.29, 0.717) is 6.61 Å². The Bertz CT molecular complexity index is 1100. The number of aromatic nitrogens is 4. The molecule has 0 unspecified atom stereocenters. The summed E-state index contributed by atoms with van der Waals surface area (Å²) in [4.78, 5) is 4.79. The van der Waals surface area contributed by atoms with E-state index in [1.54, 1.807) is 18.9 Å². The second kappa shape index (κ2) is 9.32. The van der Waals surface area contributed by atoms with E-state index in [4.69, 9.17) is 14.8 Å². The molecule has 4 aromatic rings. The maximum absolute atomic E-state index is 5.29. The number of rotatable bonds is 8. The molecule has 0 amide bonds. The first-order valence-electron chi connectivity index (χ1n) is 10.0. The molecule has 2 aromatic carbocycles. The molecule has 0 saturated carbocycles. The lowest BCUT2D eigenvalue weighted by Crippen LogP contribution is -2.07. The van der Waals surface area contributed by atoms with Crippen molar-refractivity contribution >= 4 is 11.8 Å². The van der Waals surface area contributed by atoms with Crippen LogP contribution in [0.2, 0.25) is 0 Å². The van der Waals surface area contributed by atoms with Crippen molar-refractivity contribution in [3.63, 3.8) is 0 Å². The zero-order valence-corrected chi connectivity index (χ0v) is 18.4. The Morgan fingerprint density at radius 1 is 0.967 bits per heavy atom. The highest BCUT2D eigenvalue weighted by Crippen LogP contribution is 2.30. The van der Waals surface area contributed by atoms with Crippen LogP contribution < -0.4 is 0 Å². The van der Waals surface area contributed by atoms with Crippen LogP contribution in [0.1, 0.15) is 17.0 Å². The van der Waals surface area contributed by atoms with Crippen molar-refractivity contribution in [1.29, 1.82) is 0 Å². The number of methoxy groups -OCH3 is 1. The van der Waals surface area contributed by atoms with Crippen molar-refractivity contribution in [2.24, 2.45) is 0 Å². The van der Waals surface area contributed by atoms with E-state index >= 15 is 0 Å². The van der Waals surface area contributed by atoms with Crippen LogP contribution in [0.5, 0.6) is 0 Å². The van der Waals surface area contributed by atoms with Gasteiger partial charge in [-0.1, -0.05) is 60.3 Å². The van der Waals surface area contributed by atoms with E-state index in [-0.39, 0.29) is 0 Å². The van der Waals surface area contributed by atoms with Crippen LogP contribution in [0.15, 0.2) is 72.0 Å². The van der Waals surface area contributed by atoms with Crippen LogP contribution >= 0.6 is 11.8 Å². The molecule has 0 radical (unpaired) electrons. The molecule has 0 saturated heterocycles. The van der Waals surface area contributed by atoms with Crippen molar-refractivity contribution in [2.75, 3.05) is 13.7 Å². The molecular weight excluding hydrogens is 392 g/mol. The smallest absolute Gasteiger partial charge is 0.168 e. The van der Waals surface area contributed by atoms with E-state index in [1.165, 1.54) is 11.3 Å². The Morgan fingerprint density at radius 2 is 1.67 bits per heavy atom. The quantitative estimate of drug-likeness (QED) is 0.365. The topological polar surface area (TPSA) is 44.9 Å². The van der Waals surface area contributed by atoms with Gasteiger partial charge in [0.05, 0.1) is 23.7 Å². The minimum absolute atomic E-state index is 0.672. The van der Waals surface area contributed by atoms with Gasteiger partial charge in [0.25, 0.3) is 0 Å². The number of thioether (sulfide) groups is 1. The van der Waals surface area contributed by atoms with Gasteiger partial charge in [-0.25, -0.2) is 9.67 Å². The average Bonchev–Trinajstić information content (AvgIpc) is 3.33. The third-order valence-corrected chi connectivity index (χ3v) is 6.18. The fraction of sp³-hybridized carbons (Fsp3) is 0.250. The van der Waals surface area contributed by atoms with Crippen molar-refractivity contribution in [1.82, 2.24) is 19.3 Å². The maximum Gasteiger partial charge on any atom is 0.168 e. The van der Waals surface area contributed by atoms with Gasteiger partial charge in [-0.15, -0.1) is 0 Å². The Balaban J connectivity index is 1.66. The molecule has 4 rings (SSSR count). The van der Waals surface area contributed by atoms with Crippen LogP contribution in [0, 0.1) is 13.8 Å². The molecule has 2 heterocycles. The van der Waals surface area contributed by atoms with Crippen LogP contribution in [-0.4, -0.2) is 33.0 Å². The predicted molar refractivity (Wildman–Crippen MR) is 122 cm³/mol. The molecule has 0 N–H and O–H groups in total. The second-order valence-corrected chi connectivity index (χ2v) is 8.09. The Labute approximate surface area is 181 Å². The molecule has 0 aliphatic rings. The van der Waals surface area contributed by atoms with Gasteiger partial charge >= 0.3 is 0 Å². The number of nitrogens with zero attached hydrogens (tertiary/aromatic N) is 4. The summed E-state index contributed by atoms with van der Waals surface area (Å²) in [5, 5.41) is 5.94. The van der Waals surface area contributed by atoms with Gasteiger partial charge in [0.15, 0.2) is 5.16 Å². The number of hydrogen-bond acceptors (Lipinski definition) is 4. The fourth-order valence-electron chi connectivity index (χ4n) is 3.39. The standard InChI is InChI=1S/C24H26N4OS/c1-18-19(2)27(14-15-29-3)24(25-18)30-17-21-16-28(22-12-8-5-9-13-22)26-23(21)20-10-6-4-7-11-20/h4-13,16H,14-15,17H2,1-3H3. The summed E-state index contributed by atoms with van der Waals surface area (Å²) in [6, 6.07) is 20.6. The number of imidazole rings is 1. The van der Waals surface area contributed by atoms with E-state index < -0.39 is 0 Å². The van der Waals surface area contributed by atoms with Gasteiger partial charge in [0, 0.05) is 42.4 Å². The number of ether oxygens (including phenoxy) is 1. The molecule has 0 fully saturated rings. The number of hydrogen-bond donors (Lipinski definition) is 0. The van der Waals surface area contributed by atoms with Gasteiger partial charge in [-0.2, -0.15) is 5.10 Å². The summed E-state index contributed by atoms with van der Waals surface area (Å²) in [6.07, 6.45) is 2.13. The van der Waals surface area contributed by atoms with Crippen LogP contribution in [0.25, 0.3) is 16.9 Å². The van der Waals surface area contributed by atoms with E-state index in [1.807, 2.05) is 28.9 Å². The molecule has 0 atom stereocenters. The lowest BCUT2D eigenvalue weighted by atomic mass is 10.1. The Hall–Kier alpha value is -2.83. The molecule has 2 aromatic heterocycles. The largest absolute Gasteiger partial charge is 0.383 e. The zero-order valence-electron chi connectivity index (χ0n) is 17.6. The lowest BCUT2D eigenvalue weighted by Gasteiger charge is -2.09. The molecule has 0 bridgehead atoms. The molecule has 154 valence electrons. The number of aryl methyl sites for hydroxylation is 1. The van der Waals surface area contributed by atoms with Crippen LogP contribution in [-0.2, 0) is 17.0 Å². The highest BCUT2D eigenvalue weighted by molar-refractivity contribution is 7.98. The Kier molecular flexibility index (Phi) is 6.35. The van der Waals surface area contributed by atoms with Crippen LogP contribution in [0.3, 0.4) is 0 Å². The lowest BCUT2D eigenvalue weighted by molar-refractivity contribution is 0.184. The number of benzene rings is 2. The summed E-state index contributed by atoms with van der Waals surface area (Å²) in [6.45, 7) is 5.65. The van der Waals surface area contributed by atoms with Gasteiger partial charge in [-0.05, 0) is 26.0 Å². The van der Waals surface area contributed by atoms with Gasteiger partial charge < -0.3 is 9.30 Å². The van der Waals surface area contributed by atoms with Gasteiger partial charge in [0.1, 0.15) is 0 Å². The minimum Gasteiger partial charge on any atom is -0.383 e. The molecule has 6 heteroatoms. The highest BCUT2D eigenvalue weighted by Gasteiger charge is 2.16. The first kappa shape index (κ1) is 20.4. The van der Waals surface area contributed by atoms with E-state index in [2.05, 4.69) is 61.0 Å². The maximum atomic E-state index is 5.29. The normalized spacial score (nSPS) is 11.2. The molecule has 5 nitrogen and oxygen atoms in total. The first-order valence-corrected chi connectivity index (χ1v) is 11.0. The highest BCUT2D eigenvalue weighted by atomic mass is 32.2. The first-order chi connectivity index (χ1) is 14.7. The second-order valence-electron chi connectivity index (χ2n) is 7.15. The monoisotopic (exact) mass is 418 g/mol. The molecule has 0 spiro atoms. The molecule has 0 aliphatic carbocycles. The van der Waals surface area contributed by atoms with Crippen molar-refractivity contribution < 1.29 is 4.74 Å². The molecule has 30 heavy (non-hydrogen) atoms. The van der Waals surface area contributed by atoms with Crippen molar-refractivity contribution in [3.05, 3.63) is 83.8 Å². The zero-order chi connectivity index (χ0) is 20.9. The van der Waals surface area contributed by atoms with Gasteiger partial charge in [0.2, 0.25) is 0 Å². The van der Waals surface area contributed by atoms with Crippen molar-refractivity contribution in [3.8, 4) is 16.9 Å². The summed E-state index contributed by atoms with van der Waals surface area (Å²) >= 11 is 1.75. The number of para-hydroxylation sites is 1. The van der Waals surface area contributed by atoms with E-state index in [9.17, 15) is 0 Å². The van der Waals surface area contributed by atoms with Crippen molar-refractivity contribution in [2.45, 2.75) is 31.3 Å². The third kappa shape index (κ3) is 4.35. The summed E-state index contributed by atoms with van der Waals surface area (Å²) in [5.41, 5.74) is 6.63. The summed E-state index contributed by atoms with van der Waals surface area (Å²) in [5.74, 6) is 0.792. The summed E-state index contributed by atoms with van der Waals surface area (Å²) < 4.78 is 9.49. The molecular formula is C24H26N4OS. The van der Waals surface area contributed by atoms with Gasteiger partial charge in [-0.3, -0.25) is 0 Å². The average molecular weight is 419 g/mol. The Morgan fingerprint density at radius 3 is 2.37 bits per heavy atom.